The molecule has 0 radical (unpaired) electrons. The van der Waals surface area contributed by atoms with E-state index in [9.17, 15) is 24.9 Å². The quantitative estimate of drug-likeness (QED) is 0.753. The fraction of sp³-hybridized carbons (Fsp3) is 0.474. The average molecular weight is 348 g/mol. The van der Waals surface area contributed by atoms with Crippen molar-refractivity contribution in [1.29, 1.82) is 0 Å². The van der Waals surface area contributed by atoms with Crippen molar-refractivity contribution in [2.24, 2.45) is 5.41 Å². The number of hydrogen-bond acceptors (Lipinski definition) is 4. The van der Waals surface area contributed by atoms with Crippen LogP contribution in [0.2, 0.25) is 0 Å². The lowest BCUT2D eigenvalue weighted by molar-refractivity contribution is -0.151. The van der Waals surface area contributed by atoms with Crippen molar-refractivity contribution >= 4 is 11.9 Å². The number of aliphatic hydroxyl groups is 1. The van der Waals surface area contributed by atoms with Crippen molar-refractivity contribution < 1.29 is 29.6 Å². The number of aliphatic carboxylic acids is 2. The summed E-state index contributed by atoms with van der Waals surface area (Å²) in [5, 5.41) is 29.5. The zero-order valence-corrected chi connectivity index (χ0v) is 14.9. The Balaban J connectivity index is 2.55. The number of carbonyl (C=O) groups is 2. The van der Waals surface area contributed by atoms with Gasteiger partial charge in [0, 0.05) is 6.42 Å². The Morgan fingerprint density at radius 3 is 2.32 bits per heavy atom. The van der Waals surface area contributed by atoms with Crippen LogP contribution in [0.3, 0.4) is 0 Å². The SMILES string of the molecule is Cc1cc(C2(C(=O)O)CC(O)=CC(C)(C(=O)O)C2)ccc1OC(C)C. The number of benzene rings is 1. The number of ether oxygens (including phenoxy) is 1. The van der Waals surface area contributed by atoms with E-state index in [1.165, 1.54) is 13.0 Å². The topological polar surface area (TPSA) is 104 Å². The number of carboxylic acids is 2. The van der Waals surface area contributed by atoms with E-state index in [0.29, 0.717) is 11.3 Å². The summed E-state index contributed by atoms with van der Waals surface area (Å²) < 4.78 is 5.68. The Morgan fingerprint density at radius 1 is 1.20 bits per heavy atom. The van der Waals surface area contributed by atoms with Crippen LogP contribution in [0.25, 0.3) is 0 Å². The van der Waals surface area contributed by atoms with Crippen molar-refractivity contribution in [3.05, 3.63) is 41.2 Å². The zero-order chi connectivity index (χ0) is 19.0. The average Bonchev–Trinajstić information content (AvgIpc) is 2.47. The molecule has 0 aromatic heterocycles. The van der Waals surface area contributed by atoms with Crippen LogP contribution >= 0.6 is 0 Å². The molecule has 1 aromatic rings. The van der Waals surface area contributed by atoms with Gasteiger partial charge in [-0.3, -0.25) is 9.59 Å². The molecular formula is C19H24O6. The van der Waals surface area contributed by atoms with Crippen LogP contribution in [0, 0.1) is 12.3 Å². The van der Waals surface area contributed by atoms with Crippen molar-refractivity contribution in [2.45, 2.75) is 52.1 Å². The van der Waals surface area contributed by atoms with E-state index < -0.39 is 22.8 Å². The number of carboxylic acid groups (broad SMARTS) is 2. The fourth-order valence-corrected chi connectivity index (χ4v) is 3.42. The third kappa shape index (κ3) is 3.48. The fourth-order valence-electron chi connectivity index (χ4n) is 3.42. The summed E-state index contributed by atoms with van der Waals surface area (Å²) in [5.41, 5.74) is -1.74. The van der Waals surface area contributed by atoms with Gasteiger partial charge in [-0.25, -0.2) is 0 Å². The van der Waals surface area contributed by atoms with E-state index in [-0.39, 0.29) is 24.7 Å². The molecular weight excluding hydrogens is 324 g/mol. The van der Waals surface area contributed by atoms with Crippen molar-refractivity contribution in [2.75, 3.05) is 0 Å². The van der Waals surface area contributed by atoms with E-state index in [2.05, 4.69) is 0 Å². The first kappa shape index (κ1) is 18.8. The number of rotatable bonds is 5. The van der Waals surface area contributed by atoms with Crippen LogP contribution in [0.15, 0.2) is 30.0 Å². The van der Waals surface area contributed by atoms with Gasteiger partial charge in [0.25, 0.3) is 0 Å². The van der Waals surface area contributed by atoms with Gasteiger partial charge in [-0.15, -0.1) is 0 Å². The highest BCUT2D eigenvalue weighted by Gasteiger charge is 2.52. The predicted octanol–water partition coefficient (Wildman–Crippen LogP) is 3.43. The molecule has 1 aromatic carbocycles. The monoisotopic (exact) mass is 348 g/mol. The largest absolute Gasteiger partial charge is 0.513 e. The molecule has 0 spiro atoms. The number of hydrogen-bond donors (Lipinski definition) is 3. The highest BCUT2D eigenvalue weighted by Crippen LogP contribution is 2.47. The van der Waals surface area contributed by atoms with Crippen LogP contribution in [-0.4, -0.2) is 33.4 Å². The maximum absolute atomic E-state index is 12.1. The summed E-state index contributed by atoms with van der Waals surface area (Å²) in [4.78, 5) is 23.8. The van der Waals surface area contributed by atoms with Gasteiger partial charge in [-0.2, -0.15) is 0 Å². The van der Waals surface area contributed by atoms with Crippen LogP contribution in [-0.2, 0) is 15.0 Å². The molecule has 0 aliphatic heterocycles. The second kappa shape index (κ2) is 6.43. The molecule has 1 aliphatic carbocycles. The van der Waals surface area contributed by atoms with E-state index in [0.717, 1.165) is 5.56 Å². The van der Waals surface area contributed by atoms with Gasteiger partial charge in [-0.1, -0.05) is 12.1 Å². The van der Waals surface area contributed by atoms with Gasteiger partial charge in [0.2, 0.25) is 0 Å². The first-order valence-electron chi connectivity index (χ1n) is 8.15. The summed E-state index contributed by atoms with van der Waals surface area (Å²) in [6, 6.07) is 5.04. The van der Waals surface area contributed by atoms with Gasteiger partial charge in [0.15, 0.2) is 0 Å². The van der Waals surface area contributed by atoms with Gasteiger partial charge in [0.1, 0.15) is 11.2 Å². The Morgan fingerprint density at radius 2 is 1.84 bits per heavy atom. The minimum Gasteiger partial charge on any atom is -0.513 e. The summed E-state index contributed by atoms with van der Waals surface area (Å²) >= 11 is 0. The molecule has 0 saturated heterocycles. The van der Waals surface area contributed by atoms with Gasteiger partial charge in [0.05, 0.1) is 17.3 Å². The smallest absolute Gasteiger partial charge is 0.314 e. The van der Waals surface area contributed by atoms with E-state index in [1.807, 2.05) is 20.8 Å². The van der Waals surface area contributed by atoms with Crippen LogP contribution < -0.4 is 4.74 Å². The number of aryl methyl sites for hydroxylation is 1. The molecule has 0 heterocycles. The first-order chi connectivity index (χ1) is 11.5. The molecule has 6 nitrogen and oxygen atoms in total. The maximum Gasteiger partial charge on any atom is 0.314 e. The highest BCUT2D eigenvalue weighted by molar-refractivity contribution is 5.86. The summed E-state index contributed by atoms with van der Waals surface area (Å²) in [7, 11) is 0. The standard InChI is InChI=1S/C19H24O6/c1-11(2)25-15-6-5-13(7-12(15)3)19(17(23)24)9-14(20)8-18(4,10-19)16(21)22/h5-8,11,20H,9-10H2,1-4H3,(H,21,22)(H,23,24). The van der Waals surface area contributed by atoms with Crippen molar-refractivity contribution in [1.82, 2.24) is 0 Å². The molecule has 2 atom stereocenters. The molecule has 25 heavy (non-hydrogen) atoms. The Bertz CT molecular complexity index is 735. The highest BCUT2D eigenvalue weighted by atomic mass is 16.5. The van der Waals surface area contributed by atoms with Crippen LogP contribution in [0.1, 0.15) is 44.7 Å². The predicted molar refractivity (Wildman–Crippen MR) is 91.9 cm³/mol. The second-order valence-electron chi connectivity index (χ2n) is 7.25. The lowest BCUT2D eigenvalue weighted by Gasteiger charge is -2.39. The van der Waals surface area contributed by atoms with Gasteiger partial charge < -0.3 is 20.1 Å². The third-order valence-corrected chi connectivity index (χ3v) is 4.63. The Hall–Kier alpha value is -2.50. The minimum atomic E-state index is -1.51. The number of aliphatic hydroxyl groups excluding tert-OH is 1. The number of allylic oxidation sites excluding steroid dienone is 1. The lowest BCUT2D eigenvalue weighted by atomic mass is 9.62. The van der Waals surface area contributed by atoms with Crippen LogP contribution in [0.4, 0.5) is 0 Å². The Kier molecular flexibility index (Phi) is 4.84. The molecule has 3 N–H and O–H groups in total. The second-order valence-corrected chi connectivity index (χ2v) is 7.25. The van der Waals surface area contributed by atoms with Gasteiger partial charge >= 0.3 is 11.9 Å². The zero-order valence-electron chi connectivity index (χ0n) is 14.9. The summed E-state index contributed by atoms with van der Waals surface area (Å²) in [5.74, 6) is -1.90. The lowest BCUT2D eigenvalue weighted by Crippen LogP contribution is -2.46. The molecule has 136 valence electrons. The molecule has 0 fully saturated rings. The van der Waals surface area contributed by atoms with E-state index in [1.54, 1.807) is 18.2 Å². The third-order valence-electron chi connectivity index (χ3n) is 4.63. The molecule has 2 unspecified atom stereocenters. The van der Waals surface area contributed by atoms with E-state index in [4.69, 9.17) is 4.74 Å². The Labute approximate surface area is 146 Å². The van der Waals surface area contributed by atoms with E-state index >= 15 is 0 Å². The summed E-state index contributed by atoms with van der Waals surface area (Å²) in [6.45, 7) is 7.03. The molecule has 0 amide bonds. The minimum absolute atomic E-state index is 0.0186. The first-order valence-corrected chi connectivity index (χ1v) is 8.15. The molecule has 2 rings (SSSR count). The molecule has 6 heteroatoms. The van der Waals surface area contributed by atoms with Crippen molar-refractivity contribution in [3.63, 3.8) is 0 Å². The molecule has 0 saturated carbocycles. The van der Waals surface area contributed by atoms with Gasteiger partial charge in [-0.05, 0) is 57.4 Å². The van der Waals surface area contributed by atoms with Crippen molar-refractivity contribution in [3.8, 4) is 5.75 Å². The molecule has 1 aliphatic rings. The van der Waals surface area contributed by atoms with Crippen LogP contribution in [0.5, 0.6) is 5.75 Å². The molecule has 0 bridgehead atoms. The summed E-state index contributed by atoms with van der Waals surface area (Å²) in [6.07, 6.45) is 0.933. The maximum atomic E-state index is 12.1. The normalized spacial score (nSPS) is 26.2.